The maximum Gasteiger partial charge on any atom is 0.133 e. The average molecular weight is 230 g/mol. The molecule has 1 aromatic rings. The molecule has 1 fully saturated rings. The molecule has 1 aliphatic rings. The number of rotatable bonds is 2. The van der Waals surface area contributed by atoms with Crippen LogP contribution in [0.3, 0.4) is 0 Å². The van der Waals surface area contributed by atoms with E-state index in [0.717, 1.165) is 25.7 Å². The van der Waals surface area contributed by atoms with E-state index in [1.807, 2.05) is 0 Å². The van der Waals surface area contributed by atoms with Crippen molar-refractivity contribution in [2.24, 2.45) is 5.41 Å². The van der Waals surface area contributed by atoms with Gasteiger partial charge in [-0.25, -0.2) is 0 Å². The van der Waals surface area contributed by atoms with Crippen LogP contribution >= 0.6 is 0 Å². The van der Waals surface area contributed by atoms with Crippen LogP contribution in [0.25, 0.3) is 0 Å². The van der Waals surface area contributed by atoms with Crippen LogP contribution < -0.4 is 0 Å². The summed E-state index contributed by atoms with van der Waals surface area (Å²) in [6.45, 7) is 6.79. The molecule has 0 N–H and O–H groups in total. The Labute approximate surface area is 104 Å². The summed E-state index contributed by atoms with van der Waals surface area (Å²) in [5.41, 5.74) is 3.08. The molecule has 0 aromatic heterocycles. The van der Waals surface area contributed by atoms with Crippen LogP contribution in [0, 0.1) is 5.41 Å². The second-order valence-electron chi connectivity index (χ2n) is 6.46. The molecule has 0 radical (unpaired) electrons. The molecular formula is C16H22O. The zero-order valence-corrected chi connectivity index (χ0v) is 11.1. The quantitative estimate of drug-likeness (QED) is 0.747. The second-order valence-corrected chi connectivity index (χ2v) is 6.46. The Kier molecular flexibility index (Phi) is 3.37. The van der Waals surface area contributed by atoms with Crippen molar-refractivity contribution in [2.45, 2.75) is 52.4 Å². The molecule has 17 heavy (non-hydrogen) atoms. The van der Waals surface area contributed by atoms with Gasteiger partial charge in [-0.2, -0.15) is 0 Å². The number of hydrogen-bond acceptors (Lipinski definition) is 1. The summed E-state index contributed by atoms with van der Waals surface area (Å²) in [6, 6.07) is 8.81. The molecule has 0 bridgehead atoms. The maximum atomic E-state index is 11.3. The van der Waals surface area contributed by atoms with Gasteiger partial charge in [-0.15, -0.1) is 0 Å². The van der Waals surface area contributed by atoms with Crippen LogP contribution in [0.1, 0.15) is 57.1 Å². The van der Waals surface area contributed by atoms with Gasteiger partial charge in [0.1, 0.15) is 5.78 Å². The first-order valence-electron chi connectivity index (χ1n) is 6.54. The Hall–Kier alpha value is -1.11. The topological polar surface area (TPSA) is 17.1 Å². The molecular weight excluding hydrogens is 208 g/mol. The van der Waals surface area contributed by atoms with Crippen LogP contribution in [0.4, 0.5) is 0 Å². The van der Waals surface area contributed by atoms with Crippen molar-refractivity contribution in [3.8, 4) is 0 Å². The Balaban J connectivity index is 2.14. The first-order valence-corrected chi connectivity index (χ1v) is 6.54. The minimum absolute atomic E-state index is 0.324. The van der Waals surface area contributed by atoms with E-state index in [-0.39, 0.29) is 0 Å². The van der Waals surface area contributed by atoms with Crippen molar-refractivity contribution < 1.29 is 4.79 Å². The largest absolute Gasteiger partial charge is 0.300 e. The molecule has 0 aliphatic heterocycles. The minimum Gasteiger partial charge on any atom is -0.300 e. The van der Waals surface area contributed by atoms with E-state index in [9.17, 15) is 4.79 Å². The summed E-state index contributed by atoms with van der Waals surface area (Å²) < 4.78 is 0. The van der Waals surface area contributed by atoms with Crippen LogP contribution in [0.15, 0.2) is 24.3 Å². The van der Waals surface area contributed by atoms with Crippen LogP contribution in [0.2, 0.25) is 0 Å². The van der Waals surface area contributed by atoms with E-state index in [1.54, 1.807) is 0 Å². The molecule has 0 saturated heterocycles. The van der Waals surface area contributed by atoms with Gasteiger partial charge in [0, 0.05) is 12.8 Å². The van der Waals surface area contributed by atoms with Crippen LogP contribution in [-0.2, 0) is 11.2 Å². The fourth-order valence-corrected chi connectivity index (χ4v) is 2.67. The molecule has 1 aliphatic carbocycles. The molecule has 0 amide bonds. The van der Waals surface area contributed by atoms with Gasteiger partial charge in [0.15, 0.2) is 0 Å². The molecule has 0 spiro atoms. The van der Waals surface area contributed by atoms with Crippen molar-refractivity contribution in [3.05, 3.63) is 35.4 Å². The molecule has 1 unspecified atom stereocenters. The summed E-state index contributed by atoms with van der Waals surface area (Å²) in [6.07, 6.45) is 3.66. The minimum atomic E-state index is 0.324. The highest BCUT2D eigenvalue weighted by atomic mass is 16.1. The lowest BCUT2D eigenvalue weighted by atomic mass is 9.86. The maximum absolute atomic E-state index is 11.3. The van der Waals surface area contributed by atoms with Gasteiger partial charge < -0.3 is 0 Å². The van der Waals surface area contributed by atoms with Crippen molar-refractivity contribution in [1.29, 1.82) is 0 Å². The SMILES string of the molecule is CC(C)(C)Cc1cccc(C2CCC(=O)C2)c1. The third-order valence-electron chi connectivity index (χ3n) is 3.40. The lowest BCUT2D eigenvalue weighted by Crippen LogP contribution is -2.09. The fraction of sp³-hybridized carbons (Fsp3) is 0.562. The van der Waals surface area contributed by atoms with Crippen LogP contribution in [-0.4, -0.2) is 5.78 Å². The van der Waals surface area contributed by atoms with Crippen molar-refractivity contribution in [1.82, 2.24) is 0 Å². The Morgan fingerprint density at radius 3 is 2.65 bits per heavy atom. The fourth-order valence-electron chi connectivity index (χ4n) is 2.67. The second kappa shape index (κ2) is 4.64. The van der Waals surface area contributed by atoms with Gasteiger partial charge >= 0.3 is 0 Å². The number of Topliss-reactive ketones (excluding diaryl/α,β-unsaturated/α-hetero) is 1. The van der Waals surface area contributed by atoms with E-state index < -0.39 is 0 Å². The highest BCUT2D eigenvalue weighted by molar-refractivity contribution is 5.81. The van der Waals surface area contributed by atoms with Crippen molar-refractivity contribution in [2.75, 3.05) is 0 Å². The zero-order valence-electron chi connectivity index (χ0n) is 11.1. The highest BCUT2D eigenvalue weighted by Crippen LogP contribution is 2.33. The van der Waals surface area contributed by atoms with Crippen molar-refractivity contribution >= 4 is 5.78 Å². The molecule has 92 valence electrons. The zero-order chi connectivity index (χ0) is 12.5. The van der Waals surface area contributed by atoms with Crippen molar-refractivity contribution in [3.63, 3.8) is 0 Å². The normalized spacial score (nSPS) is 20.9. The van der Waals surface area contributed by atoms with Gasteiger partial charge in [-0.05, 0) is 35.3 Å². The lowest BCUT2D eigenvalue weighted by Gasteiger charge is -2.19. The number of carbonyl (C=O) groups excluding carboxylic acids is 1. The molecule has 1 nitrogen and oxygen atoms in total. The molecule has 0 heterocycles. The van der Waals surface area contributed by atoms with Gasteiger partial charge in [0.05, 0.1) is 0 Å². The number of ketones is 1. The monoisotopic (exact) mass is 230 g/mol. The van der Waals surface area contributed by atoms with Gasteiger partial charge in [0.25, 0.3) is 0 Å². The summed E-state index contributed by atoms with van der Waals surface area (Å²) in [5.74, 6) is 0.902. The van der Waals surface area contributed by atoms with E-state index in [4.69, 9.17) is 0 Å². The summed E-state index contributed by atoms with van der Waals surface area (Å²) in [4.78, 5) is 11.3. The van der Waals surface area contributed by atoms with E-state index >= 15 is 0 Å². The first-order chi connectivity index (χ1) is 7.94. The summed E-state index contributed by atoms with van der Waals surface area (Å²) in [7, 11) is 0. The molecule has 1 aromatic carbocycles. The van der Waals surface area contributed by atoms with E-state index in [2.05, 4.69) is 45.0 Å². The highest BCUT2D eigenvalue weighted by Gasteiger charge is 2.23. The molecule has 2 rings (SSSR count). The number of benzene rings is 1. The number of hydrogen-bond donors (Lipinski definition) is 0. The van der Waals surface area contributed by atoms with Gasteiger partial charge in [-0.3, -0.25) is 4.79 Å². The van der Waals surface area contributed by atoms with Crippen LogP contribution in [0.5, 0.6) is 0 Å². The van der Waals surface area contributed by atoms with Gasteiger partial charge in [0.2, 0.25) is 0 Å². The predicted octanol–water partition coefficient (Wildman–Crippen LogP) is 4.11. The Bertz CT molecular complexity index is 412. The number of carbonyl (C=O) groups is 1. The first kappa shape index (κ1) is 12.3. The van der Waals surface area contributed by atoms with E-state index in [0.29, 0.717) is 17.1 Å². The lowest BCUT2D eigenvalue weighted by molar-refractivity contribution is -0.117. The van der Waals surface area contributed by atoms with E-state index in [1.165, 1.54) is 11.1 Å². The molecule has 1 heteroatoms. The average Bonchev–Trinajstić information content (AvgIpc) is 2.63. The third-order valence-corrected chi connectivity index (χ3v) is 3.40. The molecule has 1 saturated carbocycles. The van der Waals surface area contributed by atoms with Gasteiger partial charge in [-0.1, -0.05) is 45.0 Å². The summed E-state index contributed by atoms with van der Waals surface area (Å²) in [5, 5.41) is 0. The predicted molar refractivity (Wildman–Crippen MR) is 71.2 cm³/mol. The Morgan fingerprint density at radius 1 is 1.29 bits per heavy atom. The standard InChI is InChI=1S/C16H22O/c1-16(2,3)11-12-5-4-6-13(9-12)14-7-8-15(17)10-14/h4-6,9,14H,7-8,10-11H2,1-3H3. The summed E-state index contributed by atoms with van der Waals surface area (Å²) >= 11 is 0. The third kappa shape index (κ3) is 3.42. The molecule has 1 atom stereocenters. The smallest absolute Gasteiger partial charge is 0.133 e. The Morgan fingerprint density at radius 2 is 2.06 bits per heavy atom.